The number of nitrogens with zero attached hydrogens (tertiary/aromatic N) is 1. The first-order valence-corrected chi connectivity index (χ1v) is 11.5. The molecule has 1 rings (SSSR count). The van der Waals surface area contributed by atoms with Crippen LogP contribution < -0.4 is 0 Å². The molecule has 27 heavy (non-hydrogen) atoms. The maximum atomic E-state index is 2.72. The van der Waals surface area contributed by atoms with Crippen molar-refractivity contribution in [1.82, 2.24) is 4.90 Å². The van der Waals surface area contributed by atoms with Crippen molar-refractivity contribution in [2.45, 2.75) is 111 Å². The first kappa shape index (κ1) is 26.5. The highest BCUT2D eigenvalue weighted by atomic mass is 35.5. The van der Waals surface area contributed by atoms with Gasteiger partial charge in [-0.15, -0.1) is 12.4 Å². The molecule has 0 saturated heterocycles. The molecule has 0 saturated carbocycles. The van der Waals surface area contributed by atoms with Crippen LogP contribution in [0, 0.1) is 13.8 Å². The van der Waals surface area contributed by atoms with E-state index in [0.717, 1.165) is 6.54 Å². The Labute approximate surface area is 176 Å². The molecule has 0 aliphatic carbocycles. The van der Waals surface area contributed by atoms with E-state index in [-0.39, 0.29) is 12.4 Å². The van der Waals surface area contributed by atoms with E-state index in [9.17, 15) is 0 Å². The van der Waals surface area contributed by atoms with Gasteiger partial charge in [-0.1, -0.05) is 96.3 Å². The Morgan fingerprint density at radius 2 is 1.15 bits per heavy atom. The second-order valence-corrected chi connectivity index (χ2v) is 8.17. The van der Waals surface area contributed by atoms with Crippen LogP contribution in [-0.4, -0.2) is 18.0 Å². The Morgan fingerprint density at radius 3 is 1.67 bits per heavy atom. The van der Waals surface area contributed by atoms with Gasteiger partial charge in [0.1, 0.15) is 0 Å². The molecule has 1 aromatic carbocycles. The molecule has 0 aliphatic heterocycles. The van der Waals surface area contributed by atoms with Crippen molar-refractivity contribution in [2.24, 2.45) is 0 Å². The van der Waals surface area contributed by atoms with Gasteiger partial charge in [-0.3, -0.25) is 4.90 Å². The molecular weight excluding hydrogens is 350 g/mol. The number of rotatable bonds is 16. The average molecular weight is 396 g/mol. The van der Waals surface area contributed by atoms with Gasteiger partial charge in [-0.05, 0) is 56.5 Å². The highest BCUT2D eigenvalue weighted by Crippen LogP contribution is 2.17. The number of aryl methyl sites for hydroxylation is 1. The fraction of sp³-hybridized carbons (Fsp3) is 0.760. The number of benzene rings is 1. The Hall–Kier alpha value is -0.530. The predicted molar refractivity (Wildman–Crippen MR) is 125 cm³/mol. The molecule has 0 heterocycles. The molecular formula is C25H46ClN. The van der Waals surface area contributed by atoms with Crippen LogP contribution >= 0.6 is 12.4 Å². The second kappa shape index (κ2) is 17.6. The Morgan fingerprint density at radius 1 is 0.667 bits per heavy atom. The molecule has 0 amide bonds. The molecule has 158 valence electrons. The topological polar surface area (TPSA) is 3.24 Å². The smallest absolute Gasteiger partial charge is 0.0236 e. The number of unbranched alkanes of at least 4 members (excludes halogenated alkanes) is 10. The molecule has 0 spiro atoms. The fourth-order valence-corrected chi connectivity index (χ4v) is 3.73. The zero-order valence-corrected chi connectivity index (χ0v) is 19.5. The highest BCUT2D eigenvalue weighted by Gasteiger charge is 2.09. The number of halogens is 1. The van der Waals surface area contributed by atoms with Crippen molar-refractivity contribution in [1.29, 1.82) is 0 Å². The molecule has 0 N–H and O–H groups in total. The lowest BCUT2D eigenvalue weighted by Crippen LogP contribution is -2.26. The van der Waals surface area contributed by atoms with Crippen molar-refractivity contribution in [3.63, 3.8) is 0 Å². The molecule has 0 radical (unpaired) electrons. The quantitative estimate of drug-likeness (QED) is 0.254. The molecule has 0 fully saturated rings. The Balaban J connectivity index is 0.00000676. The van der Waals surface area contributed by atoms with Gasteiger partial charge < -0.3 is 0 Å². The van der Waals surface area contributed by atoms with E-state index >= 15 is 0 Å². The third kappa shape index (κ3) is 12.5. The van der Waals surface area contributed by atoms with E-state index in [1.165, 1.54) is 107 Å². The van der Waals surface area contributed by atoms with E-state index in [0.29, 0.717) is 0 Å². The summed E-state index contributed by atoms with van der Waals surface area (Å²) in [5.41, 5.74) is 4.45. The summed E-state index contributed by atoms with van der Waals surface area (Å²) >= 11 is 0. The first-order chi connectivity index (χ1) is 12.7. The van der Waals surface area contributed by atoms with Gasteiger partial charge in [0.15, 0.2) is 0 Å². The normalized spacial score (nSPS) is 11.0. The van der Waals surface area contributed by atoms with Crippen molar-refractivity contribution in [3.8, 4) is 0 Å². The summed E-state index contributed by atoms with van der Waals surface area (Å²) < 4.78 is 0. The lowest BCUT2D eigenvalue weighted by molar-refractivity contribution is 0.251. The van der Waals surface area contributed by atoms with Gasteiger partial charge in [0, 0.05) is 6.54 Å². The minimum Gasteiger partial charge on any atom is -0.299 e. The fourth-order valence-electron chi connectivity index (χ4n) is 3.73. The molecule has 2 heteroatoms. The summed E-state index contributed by atoms with van der Waals surface area (Å²) in [6, 6.07) is 6.80. The second-order valence-electron chi connectivity index (χ2n) is 8.17. The van der Waals surface area contributed by atoms with Gasteiger partial charge in [0.2, 0.25) is 0 Å². The summed E-state index contributed by atoms with van der Waals surface area (Å²) in [6.07, 6.45) is 16.7. The molecule has 0 atom stereocenters. The third-order valence-corrected chi connectivity index (χ3v) is 5.77. The molecule has 0 unspecified atom stereocenters. The van der Waals surface area contributed by atoms with Crippen LogP contribution in [0.3, 0.4) is 0 Å². The predicted octanol–water partition coefficient (Wildman–Crippen LogP) is 8.25. The zero-order chi connectivity index (χ0) is 19.0. The van der Waals surface area contributed by atoms with E-state index in [4.69, 9.17) is 0 Å². The zero-order valence-electron chi connectivity index (χ0n) is 18.7. The standard InChI is InChI=1S/C25H45N.ClH/c1-5-7-9-11-13-15-20-26(21-16-14-12-10-8-6-2)22-25-19-17-18-23(3)24(25)4;/h17-19H,5-16,20-22H2,1-4H3;1H. The largest absolute Gasteiger partial charge is 0.299 e. The highest BCUT2D eigenvalue weighted by molar-refractivity contribution is 5.85. The van der Waals surface area contributed by atoms with Gasteiger partial charge in [0.25, 0.3) is 0 Å². The molecule has 1 nitrogen and oxygen atoms in total. The van der Waals surface area contributed by atoms with Crippen LogP contribution in [0.2, 0.25) is 0 Å². The summed E-state index contributed by atoms with van der Waals surface area (Å²) in [5.74, 6) is 0. The monoisotopic (exact) mass is 395 g/mol. The van der Waals surface area contributed by atoms with Gasteiger partial charge >= 0.3 is 0 Å². The molecule has 0 aliphatic rings. The maximum absolute atomic E-state index is 2.72. The SMILES string of the molecule is CCCCCCCCN(CCCCCCCC)Cc1cccc(C)c1C.Cl. The van der Waals surface area contributed by atoms with Crippen molar-refractivity contribution in [2.75, 3.05) is 13.1 Å². The number of hydrogen-bond donors (Lipinski definition) is 0. The van der Waals surface area contributed by atoms with Gasteiger partial charge in [0.05, 0.1) is 0 Å². The van der Waals surface area contributed by atoms with E-state index in [1.54, 1.807) is 0 Å². The summed E-state index contributed by atoms with van der Waals surface area (Å²) in [5, 5.41) is 0. The Bertz CT molecular complexity index is 442. The van der Waals surface area contributed by atoms with Crippen molar-refractivity contribution >= 4 is 12.4 Å². The van der Waals surface area contributed by atoms with Crippen LogP contribution in [0.1, 0.15) is 108 Å². The van der Waals surface area contributed by atoms with Crippen LogP contribution in [0.4, 0.5) is 0 Å². The molecule has 1 aromatic rings. The Kier molecular flexibility index (Phi) is 17.2. The van der Waals surface area contributed by atoms with Crippen LogP contribution in [0.15, 0.2) is 18.2 Å². The van der Waals surface area contributed by atoms with E-state index < -0.39 is 0 Å². The average Bonchev–Trinajstić information content (AvgIpc) is 2.64. The summed E-state index contributed by atoms with van der Waals surface area (Å²) in [6.45, 7) is 12.8. The van der Waals surface area contributed by atoms with Crippen LogP contribution in [0.5, 0.6) is 0 Å². The van der Waals surface area contributed by atoms with E-state index in [1.807, 2.05) is 0 Å². The summed E-state index contributed by atoms with van der Waals surface area (Å²) in [7, 11) is 0. The molecule has 0 bridgehead atoms. The lowest BCUT2D eigenvalue weighted by atomic mass is 10.0. The maximum Gasteiger partial charge on any atom is 0.0236 e. The number of hydrogen-bond acceptors (Lipinski definition) is 1. The van der Waals surface area contributed by atoms with E-state index in [2.05, 4.69) is 50.8 Å². The minimum atomic E-state index is 0. The molecule has 0 aromatic heterocycles. The lowest BCUT2D eigenvalue weighted by Gasteiger charge is -2.24. The summed E-state index contributed by atoms with van der Waals surface area (Å²) in [4.78, 5) is 2.72. The first-order valence-electron chi connectivity index (χ1n) is 11.5. The van der Waals surface area contributed by atoms with Crippen LogP contribution in [0.25, 0.3) is 0 Å². The van der Waals surface area contributed by atoms with Gasteiger partial charge in [-0.2, -0.15) is 0 Å². The van der Waals surface area contributed by atoms with Gasteiger partial charge in [-0.25, -0.2) is 0 Å². The van der Waals surface area contributed by atoms with Crippen molar-refractivity contribution < 1.29 is 0 Å². The van der Waals surface area contributed by atoms with Crippen LogP contribution in [-0.2, 0) is 6.54 Å². The minimum absolute atomic E-state index is 0. The van der Waals surface area contributed by atoms with Crippen molar-refractivity contribution in [3.05, 3.63) is 34.9 Å². The third-order valence-electron chi connectivity index (χ3n) is 5.77.